The number of ether oxygens (including phenoxy) is 1. The van der Waals surface area contributed by atoms with E-state index in [9.17, 15) is 4.79 Å². The van der Waals surface area contributed by atoms with Crippen molar-refractivity contribution in [2.24, 2.45) is 7.05 Å². The van der Waals surface area contributed by atoms with Gasteiger partial charge in [0.15, 0.2) is 10.9 Å². The van der Waals surface area contributed by atoms with Gasteiger partial charge < -0.3 is 14.6 Å². The number of fused-ring (bicyclic) bond motifs is 1. The molecule has 1 aromatic carbocycles. The van der Waals surface area contributed by atoms with Crippen LogP contribution in [0.3, 0.4) is 0 Å². The number of H-pyrrole nitrogens is 1. The van der Waals surface area contributed by atoms with Crippen LogP contribution in [0.15, 0.2) is 24.3 Å². The minimum Gasteiger partial charge on any atom is -0.363 e. The van der Waals surface area contributed by atoms with Gasteiger partial charge in [-0.15, -0.1) is 0 Å². The predicted octanol–water partition coefficient (Wildman–Crippen LogP) is 1.45. The second-order valence-corrected chi connectivity index (χ2v) is 5.63. The Morgan fingerprint density at radius 2 is 2.36 bits per heavy atom. The molecule has 0 radical (unpaired) electrons. The van der Waals surface area contributed by atoms with E-state index < -0.39 is 6.10 Å². The fourth-order valence-corrected chi connectivity index (χ4v) is 2.76. The molecular formula is C15H18N4O2S. The smallest absolute Gasteiger partial charge is 0.253 e. The minimum atomic E-state index is -0.521. The van der Waals surface area contributed by atoms with Crippen LogP contribution in [0.5, 0.6) is 0 Å². The lowest BCUT2D eigenvalue weighted by Gasteiger charge is -2.25. The lowest BCUT2D eigenvalue weighted by atomic mass is 9.97. The van der Waals surface area contributed by atoms with Crippen molar-refractivity contribution in [2.75, 3.05) is 13.2 Å². The van der Waals surface area contributed by atoms with Gasteiger partial charge in [-0.3, -0.25) is 9.89 Å². The van der Waals surface area contributed by atoms with Crippen molar-refractivity contribution in [2.45, 2.75) is 18.9 Å². The zero-order valence-corrected chi connectivity index (χ0v) is 13.2. The van der Waals surface area contributed by atoms with Crippen molar-refractivity contribution >= 4 is 18.1 Å². The number of carbonyl (C=O) groups is 1. The van der Waals surface area contributed by atoms with E-state index in [0.717, 1.165) is 17.8 Å². The van der Waals surface area contributed by atoms with E-state index in [4.69, 9.17) is 17.0 Å². The Hall–Kier alpha value is -1.99. The third-order valence-corrected chi connectivity index (χ3v) is 4.22. The van der Waals surface area contributed by atoms with E-state index in [1.165, 1.54) is 5.56 Å². The zero-order chi connectivity index (χ0) is 15.5. The maximum Gasteiger partial charge on any atom is 0.253 e. The van der Waals surface area contributed by atoms with Crippen LogP contribution in [-0.4, -0.2) is 33.8 Å². The quantitative estimate of drug-likeness (QED) is 0.837. The lowest BCUT2D eigenvalue weighted by molar-refractivity contribution is -0.134. The molecular weight excluding hydrogens is 300 g/mol. The lowest BCUT2D eigenvalue weighted by Crippen LogP contribution is -2.35. The van der Waals surface area contributed by atoms with Gasteiger partial charge in [-0.25, -0.2) is 0 Å². The maximum absolute atomic E-state index is 12.3. The average molecular weight is 318 g/mol. The first-order chi connectivity index (χ1) is 10.7. The summed E-state index contributed by atoms with van der Waals surface area (Å²) in [6.45, 7) is 1.07. The minimum absolute atomic E-state index is 0.107. The number of carbonyl (C=O) groups excluding carboxylic acids is 1. The molecule has 2 aromatic rings. The molecule has 1 atom stereocenters. The van der Waals surface area contributed by atoms with Crippen molar-refractivity contribution in [1.29, 1.82) is 0 Å². The summed E-state index contributed by atoms with van der Waals surface area (Å²) in [5.74, 6) is 0.708. The molecule has 22 heavy (non-hydrogen) atoms. The Morgan fingerprint density at radius 1 is 1.55 bits per heavy atom. The van der Waals surface area contributed by atoms with Gasteiger partial charge in [-0.2, -0.15) is 5.10 Å². The topological polar surface area (TPSA) is 71.9 Å². The molecule has 1 unspecified atom stereocenters. The highest BCUT2D eigenvalue weighted by atomic mass is 32.1. The summed E-state index contributed by atoms with van der Waals surface area (Å²) in [6.07, 6.45) is 0.946. The maximum atomic E-state index is 12.3. The van der Waals surface area contributed by atoms with Crippen LogP contribution in [0.4, 0.5) is 0 Å². The monoisotopic (exact) mass is 318 g/mol. The van der Waals surface area contributed by atoms with E-state index in [1.54, 1.807) is 4.57 Å². The van der Waals surface area contributed by atoms with Gasteiger partial charge in [0.05, 0.1) is 6.61 Å². The first-order valence-corrected chi connectivity index (χ1v) is 7.65. The standard InChI is InChI=1S/C15H18N4O2S/c1-19-12(17-18-15(19)22)6-8-16-14(20)13-11-5-3-2-4-10(11)7-9-21-13/h2-5,13H,6-9H2,1H3,(H,16,20)(H,18,22). The highest BCUT2D eigenvalue weighted by Crippen LogP contribution is 2.26. The third-order valence-electron chi connectivity index (χ3n) is 3.85. The second-order valence-electron chi connectivity index (χ2n) is 5.24. The number of hydrogen-bond acceptors (Lipinski definition) is 4. The summed E-state index contributed by atoms with van der Waals surface area (Å²) in [5.41, 5.74) is 2.15. The Kier molecular flexibility index (Phi) is 4.35. The van der Waals surface area contributed by atoms with E-state index in [-0.39, 0.29) is 5.91 Å². The molecule has 7 heteroatoms. The normalized spacial score (nSPS) is 17.0. The van der Waals surface area contributed by atoms with E-state index in [2.05, 4.69) is 15.5 Å². The Labute approximate surface area is 133 Å². The molecule has 0 saturated carbocycles. The van der Waals surface area contributed by atoms with Crippen molar-refractivity contribution < 1.29 is 9.53 Å². The van der Waals surface area contributed by atoms with Crippen molar-refractivity contribution in [3.05, 3.63) is 46.0 Å². The van der Waals surface area contributed by atoms with Crippen LogP contribution in [0.25, 0.3) is 0 Å². The molecule has 2 N–H and O–H groups in total. The van der Waals surface area contributed by atoms with Crippen molar-refractivity contribution in [1.82, 2.24) is 20.1 Å². The number of aromatic nitrogens is 3. The van der Waals surface area contributed by atoms with Gasteiger partial charge in [-0.05, 0) is 29.8 Å². The molecule has 3 rings (SSSR count). The van der Waals surface area contributed by atoms with Crippen LogP contribution in [0, 0.1) is 4.77 Å². The summed E-state index contributed by atoms with van der Waals surface area (Å²) >= 11 is 5.06. The van der Waals surface area contributed by atoms with E-state index in [1.807, 2.05) is 31.3 Å². The Balaban J connectivity index is 1.61. The fourth-order valence-electron chi connectivity index (χ4n) is 2.60. The van der Waals surface area contributed by atoms with Crippen LogP contribution in [0.2, 0.25) is 0 Å². The van der Waals surface area contributed by atoms with Gasteiger partial charge in [0.1, 0.15) is 5.82 Å². The van der Waals surface area contributed by atoms with E-state index in [0.29, 0.717) is 24.3 Å². The molecule has 0 saturated heterocycles. The summed E-state index contributed by atoms with van der Waals surface area (Å²) in [5, 5.41) is 9.77. The summed E-state index contributed by atoms with van der Waals surface area (Å²) < 4.78 is 8.02. The zero-order valence-electron chi connectivity index (χ0n) is 12.3. The summed E-state index contributed by atoms with van der Waals surface area (Å²) in [6, 6.07) is 7.93. The van der Waals surface area contributed by atoms with E-state index >= 15 is 0 Å². The van der Waals surface area contributed by atoms with Crippen LogP contribution in [-0.2, 0) is 29.4 Å². The van der Waals surface area contributed by atoms with Crippen LogP contribution >= 0.6 is 12.2 Å². The number of benzene rings is 1. The number of nitrogens with zero attached hydrogens (tertiary/aromatic N) is 2. The molecule has 1 aliphatic heterocycles. The number of hydrogen-bond donors (Lipinski definition) is 2. The first kappa shape index (κ1) is 14.9. The summed E-state index contributed by atoms with van der Waals surface area (Å²) in [7, 11) is 1.85. The number of rotatable bonds is 4. The van der Waals surface area contributed by atoms with Gasteiger partial charge in [-0.1, -0.05) is 24.3 Å². The highest BCUT2D eigenvalue weighted by Gasteiger charge is 2.26. The molecule has 1 amide bonds. The van der Waals surface area contributed by atoms with Crippen molar-refractivity contribution in [3.8, 4) is 0 Å². The predicted molar refractivity (Wildman–Crippen MR) is 83.9 cm³/mol. The third kappa shape index (κ3) is 2.95. The van der Waals surface area contributed by atoms with Gasteiger partial charge in [0.2, 0.25) is 0 Å². The van der Waals surface area contributed by atoms with Gasteiger partial charge >= 0.3 is 0 Å². The van der Waals surface area contributed by atoms with Gasteiger partial charge in [0, 0.05) is 20.0 Å². The summed E-state index contributed by atoms with van der Waals surface area (Å²) in [4.78, 5) is 12.3. The average Bonchev–Trinajstić information content (AvgIpc) is 2.86. The molecule has 1 aromatic heterocycles. The molecule has 116 valence electrons. The molecule has 0 aliphatic carbocycles. The van der Waals surface area contributed by atoms with Gasteiger partial charge in [0.25, 0.3) is 5.91 Å². The van der Waals surface area contributed by atoms with Crippen LogP contribution in [0.1, 0.15) is 23.1 Å². The number of amides is 1. The molecule has 6 nitrogen and oxygen atoms in total. The molecule has 2 heterocycles. The molecule has 1 aliphatic rings. The molecule has 0 fully saturated rings. The second kappa shape index (κ2) is 6.41. The Morgan fingerprint density at radius 3 is 3.14 bits per heavy atom. The highest BCUT2D eigenvalue weighted by molar-refractivity contribution is 7.71. The first-order valence-electron chi connectivity index (χ1n) is 7.24. The fraction of sp³-hybridized carbons (Fsp3) is 0.400. The SMILES string of the molecule is Cn1c(CCNC(=O)C2OCCc3ccccc32)n[nH]c1=S. The molecule has 0 bridgehead atoms. The Bertz CT molecular complexity index is 737. The molecule has 0 spiro atoms. The van der Waals surface area contributed by atoms with Crippen LogP contribution < -0.4 is 5.32 Å². The number of aromatic amines is 1. The van der Waals surface area contributed by atoms with Crippen molar-refractivity contribution in [3.63, 3.8) is 0 Å². The largest absolute Gasteiger partial charge is 0.363 e. The number of nitrogens with one attached hydrogen (secondary N) is 2.